The predicted octanol–water partition coefficient (Wildman–Crippen LogP) is -2.17. The normalized spacial score (nSPS) is 26.7. The van der Waals surface area contributed by atoms with Gasteiger partial charge in [-0.3, -0.25) is 0 Å². The van der Waals surface area contributed by atoms with Crippen molar-refractivity contribution in [3.8, 4) is 0 Å². The molecule has 0 aromatic heterocycles. The van der Waals surface area contributed by atoms with Crippen LogP contribution in [0.3, 0.4) is 0 Å². The van der Waals surface area contributed by atoms with Crippen molar-refractivity contribution in [1.82, 2.24) is 4.90 Å². The molecular weight excluding hydrogens is 312 g/mol. The second-order valence-corrected chi connectivity index (χ2v) is 8.03. The number of nitrogens with zero attached hydrogens (tertiary/aromatic N) is 1. The van der Waals surface area contributed by atoms with Crippen LogP contribution < -0.4 is 9.79 Å². The number of hydrogen-bond acceptors (Lipinski definition) is 6. The van der Waals surface area contributed by atoms with Crippen LogP contribution in [0.4, 0.5) is 0 Å². The molecule has 0 spiro atoms. The quantitative estimate of drug-likeness (QED) is 0.382. The molecule has 1 aliphatic rings. The first-order chi connectivity index (χ1) is 7.58. The molecule has 8 nitrogen and oxygen atoms in total. The summed E-state index contributed by atoms with van der Waals surface area (Å²) in [5, 5.41) is 5.97. The molecule has 1 saturated heterocycles. The van der Waals surface area contributed by atoms with E-state index in [2.05, 4.69) is 0 Å². The van der Waals surface area contributed by atoms with E-state index in [9.17, 15) is 24.0 Å². The number of likely N-dealkylation sites (tertiary alicyclic amines) is 1. The Morgan fingerprint density at radius 1 is 1.11 bits per heavy atom. The Kier molecular flexibility index (Phi) is 7.53. The third-order valence-corrected chi connectivity index (χ3v) is 6.64. The fourth-order valence-electron chi connectivity index (χ4n) is 1.76. The van der Waals surface area contributed by atoms with Crippen molar-refractivity contribution in [1.29, 1.82) is 0 Å². The van der Waals surface area contributed by atoms with Gasteiger partial charge in [-0.25, -0.2) is 0 Å². The average molecular weight is 327 g/mol. The molecule has 0 aromatic rings. The molecule has 11 heteroatoms. The first kappa shape index (κ1) is 19.5. The van der Waals surface area contributed by atoms with E-state index in [4.69, 9.17) is 9.79 Å². The molecule has 0 amide bonds. The van der Waals surface area contributed by atoms with E-state index in [1.54, 1.807) is 4.90 Å². The zero-order valence-electron chi connectivity index (χ0n) is 9.77. The van der Waals surface area contributed by atoms with Gasteiger partial charge in [-0.05, 0) is 25.9 Å². The fourth-order valence-corrected chi connectivity index (χ4v) is 3.80. The van der Waals surface area contributed by atoms with Crippen LogP contribution in [-0.4, -0.2) is 82.2 Å². The molecule has 1 fully saturated rings. The van der Waals surface area contributed by atoms with Crippen molar-refractivity contribution in [2.75, 3.05) is 19.6 Å². The molecule has 0 aromatic carbocycles. The summed E-state index contributed by atoms with van der Waals surface area (Å²) in [6.07, 6.45) is 1.03. The number of hydrogen-bond donors (Lipinski definition) is 3. The van der Waals surface area contributed by atoms with Crippen LogP contribution in [0.15, 0.2) is 0 Å². The Balaban J connectivity index is 0.00000289. The van der Waals surface area contributed by atoms with E-state index in [-0.39, 0.29) is 44.3 Å². The van der Waals surface area contributed by atoms with E-state index >= 15 is 0 Å². The molecule has 0 aliphatic carbocycles. The van der Waals surface area contributed by atoms with E-state index in [1.165, 1.54) is 0 Å². The Labute approximate surface area is 135 Å². The maximum atomic E-state index is 10.9. The van der Waals surface area contributed by atoms with Gasteiger partial charge in [0.15, 0.2) is 20.3 Å². The minimum Gasteiger partial charge on any atom is -0.776 e. The predicted molar refractivity (Wildman–Crippen MR) is 60.6 cm³/mol. The first-order valence-corrected chi connectivity index (χ1v) is 8.26. The van der Waals surface area contributed by atoms with Gasteiger partial charge < -0.3 is 38.7 Å². The number of aliphatic hydroxyl groups is 1. The SMILES string of the molecule is O=P([O-])(O)C(O)(CCN1CCCC1)P(=O)([O-])O.[Ca+2]. The molecule has 0 bridgehead atoms. The maximum Gasteiger partial charge on any atom is 2.00 e. The molecule has 0 radical (unpaired) electrons. The summed E-state index contributed by atoms with van der Waals surface area (Å²) in [6, 6.07) is 0. The third kappa shape index (κ3) is 4.50. The minimum absolute atomic E-state index is 0. The van der Waals surface area contributed by atoms with E-state index in [0.717, 1.165) is 12.8 Å². The summed E-state index contributed by atoms with van der Waals surface area (Å²) >= 11 is 0. The molecule has 2 unspecified atom stereocenters. The molecule has 102 valence electrons. The van der Waals surface area contributed by atoms with Crippen molar-refractivity contribution >= 4 is 52.9 Å². The minimum atomic E-state index is -5.61. The largest absolute Gasteiger partial charge is 2.00 e. The second kappa shape index (κ2) is 6.96. The summed E-state index contributed by atoms with van der Waals surface area (Å²) in [4.78, 5) is 41.0. The summed E-state index contributed by atoms with van der Waals surface area (Å²) in [5.74, 6) is 0. The third-order valence-electron chi connectivity index (χ3n) is 2.87. The van der Waals surface area contributed by atoms with Crippen molar-refractivity contribution in [3.63, 3.8) is 0 Å². The topological polar surface area (TPSA) is 144 Å². The van der Waals surface area contributed by atoms with Gasteiger partial charge in [0.2, 0.25) is 0 Å². The van der Waals surface area contributed by atoms with Crippen LogP contribution in [-0.2, 0) is 9.13 Å². The van der Waals surface area contributed by atoms with Gasteiger partial charge in [0.1, 0.15) is 0 Å². The molecule has 18 heavy (non-hydrogen) atoms. The smallest absolute Gasteiger partial charge is 0.776 e. The molecular formula is C7H15CaNO7P2. The zero-order chi connectivity index (χ0) is 13.3. The summed E-state index contributed by atoms with van der Waals surface area (Å²) in [5.41, 5.74) is 0. The van der Waals surface area contributed by atoms with Crippen LogP contribution in [0.25, 0.3) is 0 Å². The summed E-state index contributed by atoms with van der Waals surface area (Å²) in [6.45, 7) is 1.30. The zero-order valence-corrected chi connectivity index (χ0v) is 13.8. The Hall–Kier alpha value is 1.48. The fraction of sp³-hybridized carbons (Fsp3) is 1.00. The molecule has 2 atom stereocenters. The van der Waals surface area contributed by atoms with Gasteiger partial charge in [-0.1, -0.05) is 0 Å². The van der Waals surface area contributed by atoms with Crippen LogP contribution in [0, 0.1) is 0 Å². The summed E-state index contributed by atoms with van der Waals surface area (Å²) in [7, 11) is -11.2. The molecule has 0 saturated carbocycles. The van der Waals surface area contributed by atoms with Crippen LogP contribution in [0.2, 0.25) is 0 Å². The van der Waals surface area contributed by atoms with Gasteiger partial charge >= 0.3 is 37.7 Å². The van der Waals surface area contributed by atoms with Crippen LogP contribution in [0.5, 0.6) is 0 Å². The van der Waals surface area contributed by atoms with E-state index < -0.39 is 26.7 Å². The van der Waals surface area contributed by atoms with Crippen molar-refractivity contribution in [3.05, 3.63) is 0 Å². The van der Waals surface area contributed by atoms with Gasteiger partial charge in [-0.15, -0.1) is 0 Å². The average Bonchev–Trinajstić information content (AvgIpc) is 2.62. The van der Waals surface area contributed by atoms with Gasteiger partial charge in [0.05, 0.1) is 0 Å². The Morgan fingerprint density at radius 3 is 1.83 bits per heavy atom. The summed E-state index contributed by atoms with van der Waals surface area (Å²) < 4.78 is 21.8. The van der Waals surface area contributed by atoms with Gasteiger partial charge in [0.25, 0.3) is 0 Å². The van der Waals surface area contributed by atoms with E-state index in [0.29, 0.717) is 13.1 Å². The van der Waals surface area contributed by atoms with Crippen molar-refractivity contribution < 1.29 is 33.8 Å². The van der Waals surface area contributed by atoms with Crippen molar-refractivity contribution in [2.24, 2.45) is 0 Å². The van der Waals surface area contributed by atoms with Crippen LogP contribution in [0.1, 0.15) is 19.3 Å². The van der Waals surface area contributed by atoms with Gasteiger partial charge in [-0.2, -0.15) is 0 Å². The Morgan fingerprint density at radius 2 is 1.50 bits per heavy atom. The molecule has 3 N–H and O–H groups in total. The standard InChI is InChI=1S/C7H17NO7P2.Ca/c9-7(16(10,11)12,17(13,14)15)3-6-8-4-1-2-5-8;/h9H,1-6H2,(H2,10,11,12)(H2,13,14,15);/q;+2/p-2. The van der Waals surface area contributed by atoms with E-state index in [1.807, 2.05) is 0 Å². The van der Waals surface area contributed by atoms with Gasteiger partial charge in [0, 0.05) is 13.0 Å². The monoisotopic (exact) mass is 327 g/mol. The number of rotatable bonds is 5. The van der Waals surface area contributed by atoms with Crippen molar-refractivity contribution in [2.45, 2.75) is 24.3 Å². The molecule has 1 rings (SSSR count). The maximum absolute atomic E-state index is 10.9. The molecule has 1 aliphatic heterocycles. The first-order valence-electron chi connectivity index (χ1n) is 5.10. The van der Waals surface area contributed by atoms with Crippen LogP contribution >= 0.6 is 15.2 Å². The molecule has 1 heterocycles. The Bertz CT molecular complexity index is 339. The second-order valence-electron chi connectivity index (χ2n) is 4.11.